The molecule has 2 aromatic heterocycles. The Bertz CT molecular complexity index is 3570. The van der Waals surface area contributed by atoms with Crippen LogP contribution in [0, 0.1) is 0 Å². The first kappa shape index (κ1) is 37.4. The average molecular weight is 818 g/mol. The van der Waals surface area contributed by atoms with Crippen molar-refractivity contribution in [3.05, 3.63) is 271 Å². The number of hydrogen-bond acceptors (Lipinski definition) is 1. The molecule has 1 atom stereocenters. The van der Waals surface area contributed by atoms with Crippen LogP contribution in [0.3, 0.4) is 0 Å². The van der Waals surface area contributed by atoms with E-state index in [9.17, 15) is 0 Å². The van der Waals surface area contributed by atoms with Crippen molar-refractivity contribution < 1.29 is 0 Å². The van der Waals surface area contributed by atoms with Crippen LogP contribution in [0.2, 0.25) is 0 Å². The molecule has 0 saturated heterocycles. The first-order valence-electron chi connectivity index (χ1n) is 22.0. The molecule has 1 unspecified atom stereocenters. The lowest BCUT2D eigenvalue weighted by Crippen LogP contribution is -2.10. The van der Waals surface area contributed by atoms with Crippen LogP contribution in [0.15, 0.2) is 255 Å². The largest absolute Gasteiger partial charge is 0.310 e. The van der Waals surface area contributed by atoms with Crippen LogP contribution in [0.25, 0.3) is 66.1 Å². The molecule has 0 aliphatic carbocycles. The van der Waals surface area contributed by atoms with Crippen LogP contribution >= 0.6 is 0 Å². The summed E-state index contributed by atoms with van der Waals surface area (Å²) in [4.78, 5) is 2.36. The van der Waals surface area contributed by atoms with E-state index in [1.54, 1.807) is 0 Å². The van der Waals surface area contributed by atoms with Crippen molar-refractivity contribution in [2.45, 2.75) is 5.92 Å². The van der Waals surface area contributed by atoms with Gasteiger partial charge < -0.3 is 14.0 Å². The first-order chi connectivity index (χ1) is 31.8. The summed E-state index contributed by atoms with van der Waals surface area (Å²) in [6.07, 6.45) is 0. The molecule has 0 amide bonds. The van der Waals surface area contributed by atoms with Crippen LogP contribution in [0.4, 0.5) is 17.1 Å². The summed E-state index contributed by atoms with van der Waals surface area (Å²) >= 11 is 0. The molecule has 0 radical (unpaired) electrons. The molecule has 3 heteroatoms. The lowest BCUT2D eigenvalue weighted by Gasteiger charge is -2.26. The van der Waals surface area contributed by atoms with Gasteiger partial charge in [-0.1, -0.05) is 170 Å². The summed E-state index contributed by atoms with van der Waals surface area (Å²) in [6.45, 7) is 0. The number of rotatable bonds is 9. The molecule has 0 fully saturated rings. The minimum atomic E-state index is 0.0678. The Morgan fingerprint density at radius 1 is 0.266 bits per heavy atom. The third-order valence-electron chi connectivity index (χ3n) is 12.8. The van der Waals surface area contributed by atoms with Gasteiger partial charge in [-0.3, -0.25) is 0 Å². The van der Waals surface area contributed by atoms with E-state index in [1.165, 1.54) is 77.1 Å². The van der Waals surface area contributed by atoms with Gasteiger partial charge in [0, 0.05) is 55.9 Å². The van der Waals surface area contributed by atoms with Crippen LogP contribution in [-0.2, 0) is 0 Å². The summed E-state index contributed by atoms with van der Waals surface area (Å²) < 4.78 is 4.77. The van der Waals surface area contributed by atoms with Crippen molar-refractivity contribution in [2.75, 3.05) is 4.90 Å². The molecular formula is C61H43N3. The molecule has 0 saturated carbocycles. The van der Waals surface area contributed by atoms with Gasteiger partial charge in [0.2, 0.25) is 0 Å². The fraction of sp³-hybridized carbons (Fsp3) is 0.0164. The van der Waals surface area contributed by atoms with Crippen molar-refractivity contribution in [1.29, 1.82) is 0 Å². The van der Waals surface area contributed by atoms with Gasteiger partial charge in [-0.05, 0) is 113 Å². The van der Waals surface area contributed by atoms with Gasteiger partial charge >= 0.3 is 0 Å². The highest BCUT2D eigenvalue weighted by molar-refractivity contribution is 6.11. The van der Waals surface area contributed by atoms with E-state index in [0.717, 1.165) is 22.7 Å². The van der Waals surface area contributed by atoms with Crippen LogP contribution < -0.4 is 4.90 Å². The van der Waals surface area contributed by atoms with Gasteiger partial charge in [0.25, 0.3) is 0 Å². The van der Waals surface area contributed by atoms with Crippen molar-refractivity contribution in [3.8, 4) is 22.5 Å². The maximum absolute atomic E-state index is 2.42. The van der Waals surface area contributed by atoms with E-state index in [2.05, 4.69) is 269 Å². The minimum Gasteiger partial charge on any atom is -0.310 e. The summed E-state index contributed by atoms with van der Waals surface area (Å²) in [5, 5.41) is 5.01. The quantitative estimate of drug-likeness (QED) is 0.132. The van der Waals surface area contributed by atoms with Crippen molar-refractivity contribution in [3.63, 3.8) is 0 Å². The second-order valence-corrected chi connectivity index (χ2v) is 16.5. The molecule has 12 aromatic rings. The second-order valence-electron chi connectivity index (χ2n) is 16.5. The fourth-order valence-corrected chi connectivity index (χ4v) is 9.90. The maximum atomic E-state index is 2.42. The molecule has 3 nitrogen and oxygen atoms in total. The number of aromatic nitrogens is 2. The lowest BCUT2D eigenvalue weighted by molar-refractivity contribution is 0.980. The molecule has 0 N–H and O–H groups in total. The van der Waals surface area contributed by atoms with E-state index in [0.29, 0.717) is 0 Å². The lowest BCUT2D eigenvalue weighted by atomic mass is 9.84. The monoisotopic (exact) mass is 817 g/mol. The van der Waals surface area contributed by atoms with Crippen LogP contribution in [-0.4, -0.2) is 9.13 Å². The number of benzene rings is 10. The average Bonchev–Trinajstić information content (AvgIpc) is 3.88. The molecule has 0 bridgehead atoms. The molecule has 12 rings (SSSR count). The van der Waals surface area contributed by atoms with E-state index in [4.69, 9.17) is 0 Å². The predicted molar refractivity (Wildman–Crippen MR) is 269 cm³/mol. The van der Waals surface area contributed by atoms with Gasteiger partial charge in [0.05, 0.1) is 22.1 Å². The van der Waals surface area contributed by atoms with Crippen molar-refractivity contribution in [2.24, 2.45) is 0 Å². The summed E-state index contributed by atoms with van der Waals surface area (Å²) in [6, 6.07) is 92.5. The molecule has 0 aliphatic heterocycles. The highest BCUT2D eigenvalue weighted by atomic mass is 15.1. The number of nitrogens with zero attached hydrogens (tertiary/aromatic N) is 3. The normalized spacial score (nSPS) is 12.0. The highest BCUT2D eigenvalue weighted by Crippen LogP contribution is 2.42. The van der Waals surface area contributed by atoms with E-state index in [-0.39, 0.29) is 5.92 Å². The topological polar surface area (TPSA) is 13.1 Å². The third-order valence-corrected chi connectivity index (χ3v) is 12.8. The molecular weight excluding hydrogens is 775 g/mol. The van der Waals surface area contributed by atoms with Crippen molar-refractivity contribution >= 4 is 60.7 Å². The van der Waals surface area contributed by atoms with Crippen LogP contribution in [0.5, 0.6) is 0 Å². The standard InChI is InChI=1S/C61H43N3/c1-5-17-45(18-6-1)61(47-35-40-59-56(41-47)54-26-14-16-28-58(54)63(59)49-21-9-3-10-22-49)46-31-29-43(30-32-46)44-33-36-51(37-34-44)62(48-19-7-2-8-20-48)52-38-39-55-53-25-13-15-27-57(53)64(60(55)42-52)50-23-11-4-12-24-50/h1-42,61H. The zero-order valence-electron chi connectivity index (χ0n) is 35.2. The Morgan fingerprint density at radius 3 is 1.31 bits per heavy atom. The fourth-order valence-electron chi connectivity index (χ4n) is 9.90. The third kappa shape index (κ3) is 6.45. The number of anilines is 3. The molecule has 10 aromatic carbocycles. The van der Waals surface area contributed by atoms with Gasteiger partial charge in [-0.25, -0.2) is 0 Å². The first-order valence-corrected chi connectivity index (χ1v) is 22.0. The molecule has 2 heterocycles. The second kappa shape index (κ2) is 15.8. The van der Waals surface area contributed by atoms with Crippen LogP contribution in [0.1, 0.15) is 22.6 Å². The Morgan fingerprint density at radius 2 is 0.688 bits per heavy atom. The zero-order valence-corrected chi connectivity index (χ0v) is 35.2. The molecule has 0 spiro atoms. The minimum absolute atomic E-state index is 0.0678. The van der Waals surface area contributed by atoms with E-state index in [1.807, 2.05) is 0 Å². The van der Waals surface area contributed by atoms with E-state index < -0.39 is 0 Å². The Hall–Kier alpha value is -8.40. The van der Waals surface area contributed by atoms with Gasteiger partial charge in [-0.2, -0.15) is 0 Å². The summed E-state index contributed by atoms with van der Waals surface area (Å²) in [7, 11) is 0. The summed E-state index contributed by atoms with van der Waals surface area (Å²) in [5.74, 6) is 0.0678. The molecule has 64 heavy (non-hydrogen) atoms. The maximum Gasteiger partial charge on any atom is 0.0561 e. The smallest absolute Gasteiger partial charge is 0.0561 e. The van der Waals surface area contributed by atoms with Gasteiger partial charge in [-0.15, -0.1) is 0 Å². The predicted octanol–water partition coefficient (Wildman–Crippen LogP) is 16.2. The molecule has 0 aliphatic rings. The van der Waals surface area contributed by atoms with E-state index >= 15 is 0 Å². The Balaban J connectivity index is 0.908. The SMILES string of the molecule is c1ccc(C(c2ccc(-c3ccc(N(c4ccccc4)c4ccc5c6ccccc6n(-c6ccccc6)c5c4)cc3)cc2)c2ccc3c(c2)c2ccccc2n3-c2ccccc2)cc1. The van der Waals surface area contributed by atoms with Crippen molar-refractivity contribution in [1.82, 2.24) is 9.13 Å². The molecule has 302 valence electrons. The van der Waals surface area contributed by atoms with Gasteiger partial charge in [0.1, 0.15) is 0 Å². The zero-order chi connectivity index (χ0) is 42.4. The summed E-state index contributed by atoms with van der Waals surface area (Å²) in [5.41, 5.74) is 16.6. The van der Waals surface area contributed by atoms with Gasteiger partial charge in [0.15, 0.2) is 0 Å². The number of fused-ring (bicyclic) bond motifs is 6. The Labute approximate surface area is 373 Å². The highest BCUT2D eigenvalue weighted by Gasteiger charge is 2.21. The number of para-hydroxylation sites is 5. The number of hydrogen-bond donors (Lipinski definition) is 0. The Kier molecular flexibility index (Phi) is 9.23.